The molecule has 4 heteroatoms. The van der Waals surface area contributed by atoms with E-state index in [9.17, 15) is 0 Å². The normalized spacial score (nSPS) is 43.8. The van der Waals surface area contributed by atoms with Crippen LogP contribution in [0.4, 0.5) is 0 Å². The minimum Gasteiger partial charge on any atom is -0.375 e. The minimum atomic E-state index is -0.0552. The maximum atomic E-state index is 6.32. The second kappa shape index (κ2) is 7.05. The Hall–Kier alpha value is -0.680. The number of rotatable bonds is 4. The fourth-order valence-corrected chi connectivity index (χ4v) is 3.55. The Balaban J connectivity index is 1.64. The number of hydrogen-bond acceptors (Lipinski definition) is 4. The maximum absolute atomic E-state index is 6.32. The van der Waals surface area contributed by atoms with Crippen molar-refractivity contribution in [3.05, 3.63) is 25.3 Å². The van der Waals surface area contributed by atoms with E-state index in [0.29, 0.717) is 0 Å². The molecule has 21 heavy (non-hydrogen) atoms. The van der Waals surface area contributed by atoms with Crippen LogP contribution in [0.25, 0.3) is 0 Å². The van der Waals surface area contributed by atoms with Gasteiger partial charge in [-0.3, -0.25) is 0 Å². The molecule has 0 N–H and O–H groups in total. The molecule has 3 aliphatic heterocycles. The summed E-state index contributed by atoms with van der Waals surface area (Å²) in [5.41, 5.74) is 0. The molecule has 3 heterocycles. The summed E-state index contributed by atoms with van der Waals surface area (Å²) in [5, 5.41) is 0. The van der Waals surface area contributed by atoms with Gasteiger partial charge in [-0.05, 0) is 25.7 Å². The Morgan fingerprint density at radius 1 is 0.857 bits per heavy atom. The van der Waals surface area contributed by atoms with Crippen molar-refractivity contribution in [3.63, 3.8) is 0 Å². The molecule has 0 spiro atoms. The van der Waals surface area contributed by atoms with Gasteiger partial charge in [0.25, 0.3) is 0 Å². The highest BCUT2D eigenvalue weighted by Gasteiger charge is 2.41. The summed E-state index contributed by atoms with van der Waals surface area (Å²) in [6.45, 7) is 9.38. The van der Waals surface area contributed by atoms with Crippen LogP contribution in [-0.2, 0) is 18.9 Å². The standard InChI is InChI=1S/C17H26O4/c1-3-12-14(7-5-9-18-12)21-17-11-16-15(8-6-10-19-16)20-13(17)4-2/h3-4,12-17H,1-2,5-11H2/t12-,13+,14+,15-,16+,17+/m0/s1. The molecule has 4 nitrogen and oxygen atoms in total. The first-order valence-corrected chi connectivity index (χ1v) is 8.11. The van der Waals surface area contributed by atoms with Crippen molar-refractivity contribution in [1.82, 2.24) is 0 Å². The van der Waals surface area contributed by atoms with Gasteiger partial charge in [0.15, 0.2) is 0 Å². The predicted molar refractivity (Wildman–Crippen MR) is 80.3 cm³/mol. The highest BCUT2D eigenvalue weighted by molar-refractivity contribution is 4.98. The first-order valence-electron chi connectivity index (χ1n) is 8.11. The predicted octanol–water partition coefficient (Wildman–Crippen LogP) is 2.63. The molecule has 0 amide bonds. The summed E-state index contributed by atoms with van der Waals surface area (Å²) in [7, 11) is 0. The Morgan fingerprint density at radius 3 is 2.43 bits per heavy atom. The molecule has 118 valence electrons. The monoisotopic (exact) mass is 294 g/mol. The Labute approximate surface area is 127 Å². The van der Waals surface area contributed by atoms with Crippen molar-refractivity contribution < 1.29 is 18.9 Å². The average Bonchev–Trinajstić information content (AvgIpc) is 2.54. The zero-order chi connectivity index (χ0) is 14.7. The van der Waals surface area contributed by atoms with E-state index >= 15 is 0 Å². The van der Waals surface area contributed by atoms with E-state index in [1.807, 2.05) is 12.2 Å². The molecule has 0 radical (unpaired) electrons. The van der Waals surface area contributed by atoms with Crippen LogP contribution in [0.3, 0.4) is 0 Å². The second-order valence-corrected chi connectivity index (χ2v) is 6.09. The van der Waals surface area contributed by atoms with Gasteiger partial charge in [0.2, 0.25) is 0 Å². The van der Waals surface area contributed by atoms with Crippen molar-refractivity contribution >= 4 is 0 Å². The smallest absolute Gasteiger partial charge is 0.102 e. The van der Waals surface area contributed by atoms with E-state index in [0.717, 1.165) is 45.3 Å². The molecule has 3 fully saturated rings. The second-order valence-electron chi connectivity index (χ2n) is 6.09. The molecule has 0 saturated carbocycles. The fraction of sp³-hybridized carbons (Fsp3) is 0.765. The van der Waals surface area contributed by atoms with Gasteiger partial charge >= 0.3 is 0 Å². The Kier molecular flexibility index (Phi) is 5.11. The molecule has 6 atom stereocenters. The lowest BCUT2D eigenvalue weighted by Gasteiger charge is -2.44. The van der Waals surface area contributed by atoms with E-state index in [1.54, 1.807) is 0 Å². The van der Waals surface area contributed by atoms with Gasteiger partial charge in [0, 0.05) is 19.6 Å². The SMILES string of the molecule is C=C[C@@H]1OCCC[C@H]1O[C@@H]1C[C@H]2OCCC[C@@H]2O[C@@H]1C=C. The highest BCUT2D eigenvalue weighted by atomic mass is 16.6. The molecule has 0 aromatic rings. The van der Waals surface area contributed by atoms with Crippen LogP contribution < -0.4 is 0 Å². The molecule has 3 saturated heterocycles. The third-order valence-electron chi connectivity index (χ3n) is 4.67. The van der Waals surface area contributed by atoms with Crippen LogP contribution in [-0.4, -0.2) is 49.8 Å². The van der Waals surface area contributed by atoms with Crippen molar-refractivity contribution in [1.29, 1.82) is 0 Å². The van der Waals surface area contributed by atoms with Gasteiger partial charge in [-0.1, -0.05) is 12.2 Å². The lowest BCUT2D eigenvalue weighted by molar-refractivity contribution is -0.221. The van der Waals surface area contributed by atoms with E-state index in [1.165, 1.54) is 0 Å². The molecular formula is C17H26O4. The summed E-state index contributed by atoms with van der Waals surface area (Å²) in [6, 6.07) is 0. The zero-order valence-corrected chi connectivity index (χ0v) is 12.6. The molecule has 3 rings (SSSR count). The van der Waals surface area contributed by atoms with Crippen LogP contribution in [0.5, 0.6) is 0 Å². The zero-order valence-electron chi connectivity index (χ0n) is 12.6. The highest BCUT2D eigenvalue weighted by Crippen LogP contribution is 2.33. The molecule has 0 aromatic heterocycles. The van der Waals surface area contributed by atoms with Crippen molar-refractivity contribution in [2.24, 2.45) is 0 Å². The largest absolute Gasteiger partial charge is 0.375 e. The van der Waals surface area contributed by atoms with Crippen LogP contribution in [0.2, 0.25) is 0 Å². The third kappa shape index (κ3) is 3.39. The van der Waals surface area contributed by atoms with Crippen molar-refractivity contribution in [2.45, 2.75) is 68.7 Å². The van der Waals surface area contributed by atoms with Crippen LogP contribution in [0, 0.1) is 0 Å². The summed E-state index contributed by atoms with van der Waals surface area (Å²) in [6.07, 6.45) is 9.11. The van der Waals surface area contributed by atoms with Gasteiger partial charge in [-0.15, -0.1) is 13.2 Å². The van der Waals surface area contributed by atoms with Crippen LogP contribution >= 0.6 is 0 Å². The summed E-state index contributed by atoms with van der Waals surface area (Å²) in [4.78, 5) is 0. The molecule has 0 unspecified atom stereocenters. The van der Waals surface area contributed by atoms with Gasteiger partial charge in [0.05, 0.1) is 24.4 Å². The summed E-state index contributed by atoms with van der Waals surface area (Å²) >= 11 is 0. The molecule has 3 aliphatic rings. The van der Waals surface area contributed by atoms with E-state index < -0.39 is 0 Å². The van der Waals surface area contributed by atoms with Gasteiger partial charge in [-0.25, -0.2) is 0 Å². The first kappa shape index (κ1) is 15.2. The van der Waals surface area contributed by atoms with Crippen LogP contribution in [0.15, 0.2) is 25.3 Å². The van der Waals surface area contributed by atoms with Crippen molar-refractivity contribution in [3.8, 4) is 0 Å². The van der Waals surface area contributed by atoms with E-state index in [2.05, 4.69) is 13.2 Å². The van der Waals surface area contributed by atoms with E-state index in [4.69, 9.17) is 18.9 Å². The molecule has 0 aliphatic carbocycles. The first-order chi connectivity index (χ1) is 10.3. The Bertz CT molecular complexity index is 370. The average molecular weight is 294 g/mol. The van der Waals surface area contributed by atoms with E-state index in [-0.39, 0.29) is 36.6 Å². The summed E-state index contributed by atoms with van der Waals surface area (Å²) in [5.74, 6) is 0. The lowest BCUT2D eigenvalue weighted by Crippen LogP contribution is -2.52. The molecule has 0 bridgehead atoms. The molecule has 0 aromatic carbocycles. The lowest BCUT2D eigenvalue weighted by atomic mass is 9.93. The summed E-state index contributed by atoms with van der Waals surface area (Å²) < 4.78 is 24.0. The quantitative estimate of drug-likeness (QED) is 0.747. The minimum absolute atomic E-state index is 0.00370. The van der Waals surface area contributed by atoms with Crippen LogP contribution in [0.1, 0.15) is 32.1 Å². The topological polar surface area (TPSA) is 36.9 Å². The Morgan fingerprint density at radius 2 is 1.62 bits per heavy atom. The molecular weight excluding hydrogens is 268 g/mol. The maximum Gasteiger partial charge on any atom is 0.102 e. The van der Waals surface area contributed by atoms with Gasteiger partial charge < -0.3 is 18.9 Å². The fourth-order valence-electron chi connectivity index (χ4n) is 3.55. The third-order valence-corrected chi connectivity index (χ3v) is 4.67. The van der Waals surface area contributed by atoms with Gasteiger partial charge in [-0.2, -0.15) is 0 Å². The number of hydrogen-bond donors (Lipinski definition) is 0. The van der Waals surface area contributed by atoms with Gasteiger partial charge in [0.1, 0.15) is 12.2 Å². The number of ether oxygens (including phenoxy) is 4. The van der Waals surface area contributed by atoms with Crippen molar-refractivity contribution in [2.75, 3.05) is 13.2 Å². The number of fused-ring (bicyclic) bond motifs is 1.